The van der Waals surface area contributed by atoms with Gasteiger partial charge in [-0.1, -0.05) is 43.3 Å². The Bertz CT molecular complexity index is 1240. The summed E-state index contributed by atoms with van der Waals surface area (Å²) in [4.78, 5) is 42.2. The SMILES string of the molecule is CCCNC(=O)[C@@H](C)N(Cc1ccc(F)cc1)C(=O)CCCN1C(=O)c2cccc3cccc1c23. The summed E-state index contributed by atoms with van der Waals surface area (Å²) in [7, 11) is 0. The average molecular weight is 476 g/mol. The highest BCUT2D eigenvalue weighted by Crippen LogP contribution is 2.37. The lowest BCUT2D eigenvalue weighted by atomic mass is 10.1. The van der Waals surface area contributed by atoms with Gasteiger partial charge in [-0.05, 0) is 55.0 Å². The van der Waals surface area contributed by atoms with E-state index < -0.39 is 6.04 Å². The lowest BCUT2D eigenvalue weighted by Gasteiger charge is -2.29. The van der Waals surface area contributed by atoms with E-state index in [-0.39, 0.29) is 36.5 Å². The van der Waals surface area contributed by atoms with Crippen molar-refractivity contribution in [3.8, 4) is 0 Å². The third-order valence-corrected chi connectivity index (χ3v) is 6.40. The van der Waals surface area contributed by atoms with Crippen LogP contribution in [0.4, 0.5) is 10.1 Å². The van der Waals surface area contributed by atoms with Gasteiger partial charge >= 0.3 is 0 Å². The van der Waals surface area contributed by atoms with Crippen LogP contribution in [-0.2, 0) is 16.1 Å². The molecule has 1 aliphatic heterocycles. The molecule has 3 aromatic rings. The van der Waals surface area contributed by atoms with Gasteiger partial charge in [-0.2, -0.15) is 0 Å². The number of nitrogens with one attached hydrogen (secondary N) is 1. The number of carbonyl (C=O) groups excluding carboxylic acids is 3. The summed E-state index contributed by atoms with van der Waals surface area (Å²) in [6, 6.07) is 16.8. The van der Waals surface area contributed by atoms with E-state index in [1.54, 1.807) is 24.0 Å². The Balaban J connectivity index is 1.45. The number of carbonyl (C=O) groups is 3. The van der Waals surface area contributed by atoms with Gasteiger partial charge in [-0.25, -0.2) is 4.39 Å². The highest BCUT2D eigenvalue weighted by Gasteiger charge is 2.30. The van der Waals surface area contributed by atoms with Crippen LogP contribution in [0, 0.1) is 5.82 Å². The van der Waals surface area contributed by atoms with Crippen LogP contribution < -0.4 is 10.2 Å². The Morgan fingerprint density at radius 3 is 2.49 bits per heavy atom. The zero-order valence-corrected chi connectivity index (χ0v) is 20.1. The van der Waals surface area contributed by atoms with Gasteiger partial charge in [0.2, 0.25) is 11.8 Å². The molecule has 182 valence electrons. The van der Waals surface area contributed by atoms with Crippen molar-refractivity contribution < 1.29 is 18.8 Å². The zero-order chi connectivity index (χ0) is 24.9. The highest BCUT2D eigenvalue weighted by atomic mass is 19.1. The van der Waals surface area contributed by atoms with Gasteiger partial charge in [-0.15, -0.1) is 0 Å². The quantitative estimate of drug-likeness (QED) is 0.464. The number of anilines is 1. The van der Waals surface area contributed by atoms with E-state index in [9.17, 15) is 18.8 Å². The first kappa shape index (κ1) is 24.4. The molecule has 1 aliphatic rings. The predicted octanol–water partition coefficient (Wildman–Crippen LogP) is 4.66. The molecule has 0 fully saturated rings. The molecule has 0 bridgehead atoms. The van der Waals surface area contributed by atoms with Gasteiger partial charge in [0.05, 0.1) is 5.69 Å². The molecule has 0 aromatic heterocycles. The van der Waals surface area contributed by atoms with Gasteiger partial charge in [0.15, 0.2) is 0 Å². The fraction of sp³-hybridized carbons (Fsp3) is 0.321. The smallest absolute Gasteiger partial charge is 0.258 e. The van der Waals surface area contributed by atoms with Gasteiger partial charge in [0.1, 0.15) is 11.9 Å². The summed E-state index contributed by atoms with van der Waals surface area (Å²) in [5, 5.41) is 4.81. The summed E-state index contributed by atoms with van der Waals surface area (Å²) < 4.78 is 13.4. The number of amides is 3. The van der Waals surface area contributed by atoms with Crippen molar-refractivity contribution in [3.63, 3.8) is 0 Å². The standard InChI is InChI=1S/C28H30FN3O3/c1-3-16-30-27(34)19(2)32(18-20-12-14-22(29)15-13-20)25(33)11-6-17-31-24-10-5-8-21-7-4-9-23(26(21)24)28(31)35/h4-5,7-10,12-15,19H,3,6,11,16-18H2,1-2H3,(H,30,34)/t19-/m1/s1. The van der Waals surface area contributed by atoms with E-state index in [1.807, 2.05) is 43.3 Å². The second-order valence-electron chi connectivity index (χ2n) is 8.86. The largest absolute Gasteiger partial charge is 0.354 e. The molecular weight excluding hydrogens is 445 g/mol. The first-order valence-electron chi connectivity index (χ1n) is 12.1. The lowest BCUT2D eigenvalue weighted by molar-refractivity contribution is -0.140. The highest BCUT2D eigenvalue weighted by molar-refractivity contribution is 6.25. The van der Waals surface area contributed by atoms with E-state index in [0.29, 0.717) is 25.1 Å². The molecule has 0 saturated carbocycles. The molecule has 7 heteroatoms. The maximum absolute atomic E-state index is 13.4. The molecule has 1 N–H and O–H groups in total. The number of rotatable bonds is 10. The summed E-state index contributed by atoms with van der Waals surface area (Å²) in [6.45, 7) is 4.80. The molecule has 3 amide bonds. The Morgan fingerprint density at radius 1 is 1.06 bits per heavy atom. The second-order valence-corrected chi connectivity index (χ2v) is 8.86. The minimum atomic E-state index is -0.675. The first-order valence-corrected chi connectivity index (χ1v) is 12.1. The van der Waals surface area contributed by atoms with E-state index in [2.05, 4.69) is 5.32 Å². The van der Waals surface area contributed by atoms with Crippen molar-refractivity contribution in [2.24, 2.45) is 0 Å². The van der Waals surface area contributed by atoms with Crippen LogP contribution in [0.1, 0.15) is 49.0 Å². The summed E-state index contributed by atoms with van der Waals surface area (Å²) in [6.07, 6.45) is 1.43. The van der Waals surface area contributed by atoms with Crippen LogP contribution in [0.2, 0.25) is 0 Å². The third kappa shape index (κ3) is 5.19. The van der Waals surface area contributed by atoms with E-state index in [0.717, 1.165) is 28.4 Å². The fourth-order valence-corrected chi connectivity index (χ4v) is 4.50. The number of nitrogens with zero attached hydrogens (tertiary/aromatic N) is 2. The van der Waals surface area contributed by atoms with Crippen LogP contribution in [0.25, 0.3) is 10.8 Å². The molecule has 6 nitrogen and oxygen atoms in total. The second kappa shape index (κ2) is 10.7. The summed E-state index contributed by atoms with van der Waals surface area (Å²) >= 11 is 0. The number of hydrogen-bond acceptors (Lipinski definition) is 3. The molecule has 3 aromatic carbocycles. The van der Waals surface area contributed by atoms with Crippen molar-refractivity contribution in [1.29, 1.82) is 0 Å². The minimum absolute atomic E-state index is 0.0558. The molecule has 1 atom stereocenters. The van der Waals surface area contributed by atoms with E-state index >= 15 is 0 Å². The van der Waals surface area contributed by atoms with E-state index in [1.165, 1.54) is 17.0 Å². The fourth-order valence-electron chi connectivity index (χ4n) is 4.50. The molecule has 1 heterocycles. The minimum Gasteiger partial charge on any atom is -0.354 e. The maximum atomic E-state index is 13.4. The third-order valence-electron chi connectivity index (χ3n) is 6.40. The van der Waals surface area contributed by atoms with Crippen LogP contribution >= 0.6 is 0 Å². The molecule has 0 spiro atoms. The average Bonchev–Trinajstić information content (AvgIpc) is 3.14. The summed E-state index contributed by atoms with van der Waals surface area (Å²) in [5.41, 5.74) is 2.29. The van der Waals surface area contributed by atoms with Crippen molar-refractivity contribution in [1.82, 2.24) is 10.2 Å². The monoisotopic (exact) mass is 475 g/mol. The molecule has 0 aliphatic carbocycles. The van der Waals surface area contributed by atoms with Gasteiger partial charge in [0, 0.05) is 37.0 Å². The van der Waals surface area contributed by atoms with Crippen LogP contribution in [-0.4, -0.2) is 41.8 Å². The van der Waals surface area contributed by atoms with Crippen LogP contribution in [0.5, 0.6) is 0 Å². The summed E-state index contributed by atoms with van der Waals surface area (Å²) in [5.74, 6) is -0.818. The lowest BCUT2D eigenvalue weighted by Crippen LogP contribution is -2.47. The Kier molecular flexibility index (Phi) is 7.44. The maximum Gasteiger partial charge on any atom is 0.258 e. The Morgan fingerprint density at radius 2 is 1.77 bits per heavy atom. The van der Waals surface area contributed by atoms with Crippen molar-refractivity contribution in [2.45, 2.75) is 45.7 Å². The Hall–Kier alpha value is -3.74. The van der Waals surface area contributed by atoms with Gasteiger partial charge in [-0.3, -0.25) is 14.4 Å². The van der Waals surface area contributed by atoms with Crippen molar-refractivity contribution >= 4 is 34.2 Å². The molecular formula is C28H30FN3O3. The van der Waals surface area contributed by atoms with E-state index in [4.69, 9.17) is 0 Å². The van der Waals surface area contributed by atoms with Gasteiger partial charge < -0.3 is 15.1 Å². The van der Waals surface area contributed by atoms with Gasteiger partial charge in [0.25, 0.3) is 5.91 Å². The van der Waals surface area contributed by atoms with Crippen LogP contribution in [0.3, 0.4) is 0 Å². The number of halogens is 1. The Labute approximate surface area is 204 Å². The first-order chi connectivity index (χ1) is 16.9. The normalized spacial score (nSPS) is 13.2. The molecule has 0 radical (unpaired) electrons. The predicted molar refractivity (Wildman–Crippen MR) is 135 cm³/mol. The number of benzene rings is 3. The van der Waals surface area contributed by atoms with Crippen LogP contribution in [0.15, 0.2) is 60.7 Å². The zero-order valence-electron chi connectivity index (χ0n) is 20.1. The molecule has 0 saturated heterocycles. The topological polar surface area (TPSA) is 69.7 Å². The molecule has 0 unspecified atom stereocenters. The number of hydrogen-bond donors (Lipinski definition) is 1. The van der Waals surface area contributed by atoms with Crippen molar-refractivity contribution in [2.75, 3.05) is 18.0 Å². The molecule has 35 heavy (non-hydrogen) atoms. The molecule has 4 rings (SSSR count). The van der Waals surface area contributed by atoms with Crippen molar-refractivity contribution in [3.05, 3.63) is 77.6 Å².